The van der Waals surface area contributed by atoms with Crippen molar-refractivity contribution in [3.05, 3.63) is 129 Å². The Morgan fingerprint density at radius 3 is 1.93 bits per heavy atom. The molecule has 2 aliphatic rings. The van der Waals surface area contributed by atoms with E-state index in [9.17, 15) is 9.90 Å². The second-order valence-electron chi connectivity index (χ2n) is 11.9. The Morgan fingerprint density at radius 2 is 1.37 bits per heavy atom. The fourth-order valence-corrected chi connectivity index (χ4v) is 6.77. The molecule has 1 N–H and O–H groups in total. The van der Waals surface area contributed by atoms with Gasteiger partial charge in [0.05, 0.1) is 16.6 Å². The maximum Gasteiger partial charge on any atom is 0.335 e. The zero-order valence-electron chi connectivity index (χ0n) is 23.8. The van der Waals surface area contributed by atoms with Crippen LogP contribution in [0.15, 0.2) is 91.0 Å². The fraction of sp³-hybridized carbons (Fsp3) is 0.278. The van der Waals surface area contributed by atoms with E-state index in [4.69, 9.17) is 28.2 Å². The van der Waals surface area contributed by atoms with Crippen LogP contribution < -0.4 is 4.90 Å². The summed E-state index contributed by atoms with van der Waals surface area (Å²) in [6, 6.07) is 30.3. The van der Waals surface area contributed by atoms with Crippen LogP contribution in [0, 0.1) is 5.92 Å². The van der Waals surface area contributed by atoms with Crippen LogP contribution in [0.5, 0.6) is 0 Å². The van der Waals surface area contributed by atoms with Crippen LogP contribution >= 0.6 is 23.2 Å². The van der Waals surface area contributed by atoms with Gasteiger partial charge in [-0.15, -0.1) is 0 Å². The molecular weight excluding hydrogens is 577 g/mol. The van der Waals surface area contributed by atoms with E-state index in [1.165, 1.54) is 40.9 Å². The molecule has 0 amide bonds. The van der Waals surface area contributed by atoms with Gasteiger partial charge in [0.2, 0.25) is 0 Å². The van der Waals surface area contributed by atoms with Gasteiger partial charge in [0.25, 0.3) is 0 Å². The van der Waals surface area contributed by atoms with Gasteiger partial charge >= 0.3 is 5.97 Å². The molecule has 218 valence electrons. The minimum Gasteiger partial charge on any atom is -0.478 e. The lowest BCUT2D eigenvalue weighted by atomic mass is 9.85. The van der Waals surface area contributed by atoms with Gasteiger partial charge in [-0.3, -0.25) is 0 Å². The molecule has 0 spiro atoms. The van der Waals surface area contributed by atoms with E-state index in [1.54, 1.807) is 12.1 Å². The number of fused-ring (bicyclic) bond motifs is 1. The zero-order valence-corrected chi connectivity index (χ0v) is 25.3. The Kier molecular flexibility index (Phi) is 7.62. The van der Waals surface area contributed by atoms with Gasteiger partial charge in [0.1, 0.15) is 5.82 Å². The largest absolute Gasteiger partial charge is 0.478 e. The van der Waals surface area contributed by atoms with E-state index in [0.29, 0.717) is 17.4 Å². The van der Waals surface area contributed by atoms with Gasteiger partial charge in [0, 0.05) is 47.2 Å². The average molecular weight is 611 g/mol. The molecule has 1 aliphatic carbocycles. The third-order valence-electron chi connectivity index (χ3n) is 9.02. The molecule has 7 heteroatoms. The third-order valence-corrected chi connectivity index (χ3v) is 9.52. The van der Waals surface area contributed by atoms with Crippen molar-refractivity contribution in [2.45, 2.75) is 44.1 Å². The molecule has 5 aromatic rings. The molecule has 43 heavy (non-hydrogen) atoms. The Labute approximate surface area is 261 Å². The number of carboxylic acids is 1. The monoisotopic (exact) mass is 609 g/mol. The number of hydrogen-bond donors (Lipinski definition) is 1. The van der Waals surface area contributed by atoms with Gasteiger partial charge in [-0.1, -0.05) is 53.5 Å². The van der Waals surface area contributed by atoms with Gasteiger partial charge in [-0.25, -0.2) is 9.78 Å². The highest BCUT2D eigenvalue weighted by molar-refractivity contribution is 6.30. The van der Waals surface area contributed by atoms with Crippen LogP contribution in [0.2, 0.25) is 10.0 Å². The first-order chi connectivity index (χ1) is 20.9. The number of aromatic carboxylic acids is 1. The van der Waals surface area contributed by atoms with Crippen molar-refractivity contribution in [3.63, 3.8) is 0 Å². The quantitative estimate of drug-likeness (QED) is 0.178. The number of benzene rings is 4. The van der Waals surface area contributed by atoms with Gasteiger partial charge in [0.15, 0.2) is 0 Å². The average Bonchev–Trinajstić information content (AvgIpc) is 3.82. The third kappa shape index (κ3) is 5.89. The number of imidazole rings is 1. The number of carbonyl (C=O) groups is 1. The molecule has 1 saturated heterocycles. The smallest absolute Gasteiger partial charge is 0.335 e. The summed E-state index contributed by atoms with van der Waals surface area (Å²) >= 11 is 12.5. The van der Waals surface area contributed by atoms with Crippen LogP contribution in [0.3, 0.4) is 0 Å². The van der Waals surface area contributed by atoms with Crippen molar-refractivity contribution in [1.82, 2.24) is 9.55 Å². The second-order valence-corrected chi connectivity index (χ2v) is 12.8. The van der Waals surface area contributed by atoms with Crippen molar-refractivity contribution >= 4 is 45.9 Å². The van der Waals surface area contributed by atoms with E-state index in [0.717, 1.165) is 53.7 Å². The van der Waals surface area contributed by atoms with Crippen molar-refractivity contribution in [2.24, 2.45) is 5.92 Å². The highest BCUT2D eigenvalue weighted by atomic mass is 35.5. The number of rotatable bonds is 8. The molecule has 1 aliphatic heterocycles. The number of anilines is 1. The molecule has 4 aromatic carbocycles. The summed E-state index contributed by atoms with van der Waals surface area (Å²) < 4.78 is 2.51. The molecular formula is C36H33Cl2N3O2. The number of carboxylic acid groups (broad SMARTS) is 1. The van der Waals surface area contributed by atoms with Gasteiger partial charge in [-0.05, 0) is 109 Å². The normalized spacial score (nSPS) is 15.8. The molecule has 0 radical (unpaired) electrons. The first-order valence-electron chi connectivity index (χ1n) is 15.0. The highest BCUT2D eigenvalue weighted by Crippen LogP contribution is 2.42. The van der Waals surface area contributed by atoms with E-state index in [-0.39, 0.29) is 5.92 Å². The second kappa shape index (κ2) is 11.7. The fourth-order valence-electron chi connectivity index (χ4n) is 6.52. The number of aromatic nitrogens is 2. The Bertz CT molecular complexity index is 1710. The summed E-state index contributed by atoms with van der Waals surface area (Å²) in [4.78, 5) is 18.8. The molecule has 1 saturated carbocycles. The van der Waals surface area contributed by atoms with E-state index < -0.39 is 5.97 Å². The lowest BCUT2D eigenvalue weighted by Gasteiger charge is -2.34. The number of piperidine rings is 1. The van der Waals surface area contributed by atoms with Crippen LogP contribution in [0.1, 0.15) is 70.4 Å². The van der Waals surface area contributed by atoms with Crippen LogP contribution in [-0.4, -0.2) is 33.7 Å². The molecule has 2 heterocycles. The molecule has 1 aromatic heterocycles. The van der Waals surface area contributed by atoms with Crippen LogP contribution in [0.4, 0.5) is 5.69 Å². The Hall–Kier alpha value is -3.80. The first kappa shape index (κ1) is 28.0. The number of hydrogen-bond acceptors (Lipinski definition) is 3. The summed E-state index contributed by atoms with van der Waals surface area (Å²) in [7, 11) is 0. The van der Waals surface area contributed by atoms with Gasteiger partial charge < -0.3 is 14.6 Å². The first-order valence-corrected chi connectivity index (χ1v) is 15.8. The molecule has 0 bridgehead atoms. The topological polar surface area (TPSA) is 58.4 Å². The van der Waals surface area contributed by atoms with E-state index >= 15 is 0 Å². The number of nitrogens with zero attached hydrogens (tertiary/aromatic N) is 3. The molecule has 0 atom stereocenters. The summed E-state index contributed by atoms with van der Waals surface area (Å²) in [5, 5.41) is 10.7. The Balaban J connectivity index is 1.18. The van der Waals surface area contributed by atoms with Gasteiger partial charge in [-0.2, -0.15) is 0 Å². The maximum atomic E-state index is 11.3. The predicted octanol–water partition coefficient (Wildman–Crippen LogP) is 9.02. The molecule has 7 rings (SSSR count). The summed E-state index contributed by atoms with van der Waals surface area (Å²) in [6.45, 7) is 2.88. The lowest BCUT2D eigenvalue weighted by Crippen LogP contribution is -2.35. The minimum atomic E-state index is -0.889. The maximum absolute atomic E-state index is 11.3. The summed E-state index contributed by atoms with van der Waals surface area (Å²) in [5.41, 5.74) is 7.28. The van der Waals surface area contributed by atoms with Crippen LogP contribution in [-0.2, 0) is 6.54 Å². The predicted molar refractivity (Wildman–Crippen MR) is 174 cm³/mol. The molecule has 2 fully saturated rings. The standard InChI is InChI=1S/C36H33Cl2N3O2/c37-29-10-3-24(4-11-29)34(25-5-12-30(38)13-6-25)28-9-16-32-33(21-28)41(35(39-32)26-1-2-26)22-23-17-19-40(20-18-23)31-14-7-27(8-15-31)36(42)43/h3-16,21,23,26,34H,1-2,17-20,22H2,(H,42,43). The lowest BCUT2D eigenvalue weighted by molar-refractivity contribution is 0.0697. The van der Waals surface area contributed by atoms with Crippen molar-refractivity contribution < 1.29 is 9.90 Å². The van der Waals surface area contributed by atoms with E-state index in [2.05, 4.69) is 51.9 Å². The molecule has 5 nitrogen and oxygen atoms in total. The van der Waals surface area contributed by atoms with Crippen molar-refractivity contribution in [1.29, 1.82) is 0 Å². The minimum absolute atomic E-state index is 0.0439. The zero-order chi connectivity index (χ0) is 29.5. The molecule has 0 unspecified atom stereocenters. The SMILES string of the molecule is O=C(O)c1ccc(N2CCC(Cn3c(C4CC4)nc4ccc(C(c5ccc(Cl)cc5)c5ccc(Cl)cc5)cc43)CC2)cc1. The van der Waals surface area contributed by atoms with Crippen LogP contribution in [0.25, 0.3) is 11.0 Å². The highest BCUT2D eigenvalue weighted by Gasteiger charge is 2.31. The van der Waals surface area contributed by atoms with Crippen molar-refractivity contribution in [2.75, 3.05) is 18.0 Å². The van der Waals surface area contributed by atoms with Crippen molar-refractivity contribution in [3.8, 4) is 0 Å². The number of halogens is 2. The summed E-state index contributed by atoms with van der Waals surface area (Å²) in [6.07, 6.45) is 4.59. The van der Waals surface area contributed by atoms with E-state index in [1.807, 2.05) is 36.4 Å². The summed E-state index contributed by atoms with van der Waals surface area (Å²) in [5.74, 6) is 1.49. The Morgan fingerprint density at radius 1 is 0.791 bits per heavy atom.